The van der Waals surface area contributed by atoms with Crippen molar-refractivity contribution in [3.63, 3.8) is 0 Å². The third-order valence-electron chi connectivity index (χ3n) is 2.11. The Kier molecular flexibility index (Phi) is 6.50. The van der Waals surface area contributed by atoms with Crippen LogP contribution in [0.1, 0.15) is 6.42 Å². The Labute approximate surface area is 106 Å². The van der Waals surface area contributed by atoms with E-state index in [0.717, 1.165) is 17.1 Å². The van der Waals surface area contributed by atoms with Gasteiger partial charge in [-0.15, -0.1) is 11.8 Å². The highest BCUT2D eigenvalue weighted by atomic mass is 32.2. The van der Waals surface area contributed by atoms with Gasteiger partial charge in [0.2, 0.25) is 5.91 Å². The monoisotopic (exact) mass is 254 g/mol. The van der Waals surface area contributed by atoms with Gasteiger partial charge in [0, 0.05) is 11.4 Å². The van der Waals surface area contributed by atoms with Gasteiger partial charge in [0.15, 0.2) is 0 Å². The molecule has 5 heteroatoms. The first-order valence-corrected chi connectivity index (χ1v) is 6.48. The third-order valence-corrected chi connectivity index (χ3v) is 3.11. The summed E-state index contributed by atoms with van der Waals surface area (Å²) in [5, 5.41) is 2.81. The maximum absolute atomic E-state index is 11.4. The molecule has 0 heterocycles. The van der Waals surface area contributed by atoms with E-state index in [9.17, 15) is 4.79 Å². The molecule has 0 saturated carbocycles. The molecule has 0 bridgehead atoms. The van der Waals surface area contributed by atoms with E-state index in [1.807, 2.05) is 24.3 Å². The molecule has 0 atom stereocenters. The summed E-state index contributed by atoms with van der Waals surface area (Å²) in [6.07, 6.45) is 0.815. The number of thioether (sulfide) groups is 1. The number of hydrogen-bond acceptors (Lipinski definition) is 4. The van der Waals surface area contributed by atoms with Crippen LogP contribution in [0.15, 0.2) is 29.2 Å². The normalized spacial score (nSPS) is 10.0. The summed E-state index contributed by atoms with van der Waals surface area (Å²) in [4.78, 5) is 12.5. The quantitative estimate of drug-likeness (QED) is 0.568. The van der Waals surface area contributed by atoms with Crippen LogP contribution < -0.4 is 15.8 Å². The summed E-state index contributed by atoms with van der Waals surface area (Å²) in [6, 6.07) is 7.66. The average Bonchev–Trinajstić information content (AvgIpc) is 2.37. The summed E-state index contributed by atoms with van der Waals surface area (Å²) >= 11 is 1.49. The molecule has 0 radical (unpaired) electrons. The van der Waals surface area contributed by atoms with Crippen LogP contribution in [0.4, 0.5) is 0 Å². The molecule has 1 amide bonds. The van der Waals surface area contributed by atoms with Gasteiger partial charge in [-0.25, -0.2) is 0 Å². The summed E-state index contributed by atoms with van der Waals surface area (Å²) < 4.78 is 5.11. The summed E-state index contributed by atoms with van der Waals surface area (Å²) in [5.74, 6) is 1.25. The number of carbonyl (C=O) groups is 1. The number of methoxy groups -OCH3 is 1. The number of amides is 1. The molecular formula is C12H18N2O2S. The second-order valence-corrected chi connectivity index (χ2v) is 4.51. The largest absolute Gasteiger partial charge is 0.497 e. The maximum Gasteiger partial charge on any atom is 0.230 e. The van der Waals surface area contributed by atoms with E-state index in [2.05, 4.69) is 5.32 Å². The molecular weight excluding hydrogens is 236 g/mol. The van der Waals surface area contributed by atoms with Crippen LogP contribution in [0.3, 0.4) is 0 Å². The molecule has 0 aromatic heterocycles. The van der Waals surface area contributed by atoms with Crippen molar-refractivity contribution in [3.8, 4) is 5.75 Å². The van der Waals surface area contributed by atoms with E-state index < -0.39 is 0 Å². The van der Waals surface area contributed by atoms with Crippen LogP contribution in [-0.2, 0) is 4.79 Å². The summed E-state index contributed by atoms with van der Waals surface area (Å²) in [5.41, 5.74) is 5.34. The lowest BCUT2D eigenvalue weighted by Crippen LogP contribution is -2.27. The fourth-order valence-electron chi connectivity index (χ4n) is 1.22. The van der Waals surface area contributed by atoms with E-state index in [4.69, 9.17) is 10.5 Å². The minimum atomic E-state index is 0.0336. The molecule has 17 heavy (non-hydrogen) atoms. The predicted octanol–water partition coefficient (Wildman–Crippen LogP) is 1.25. The van der Waals surface area contributed by atoms with Gasteiger partial charge in [-0.05, 0) is 31.2 Å². The second-order valence-electron chi connectivity index (χ2n) is 3.46. The van der Waals surface area contributed by atoms with Crippen LogP contribution in [0.2, 0.25) is 0 Å². The first-order chi connectivity index (χ1) is 8.26. The number of benzene rings is 1. The fourth-order valence-corrected chi connectivity index (χ4v) is 1.99. The maximum atomic E-state index is 11.4. The van der Waals surface area contributed by atoms with Gasteiger partial charge in [0.25, 0.3) is 0 Å². The topological polar surface area (TPSA) is 64.3 Å². The Morgan fingerprint density at radius 1 is 1.53 bits per heavy atom. The Morgan fingerprint density at radius 2 is 2.35 bits per heavy atom. The predicted molar refractivity (Wildman–Crippen MR) is 70.4 cm³/mol. The van der Waals surface area contributed by atoms with Crippen LogP contribution in [0, 0.1) is 0 Å². The summed E-state index contributed by atoms with van der Waals surface area (Å²) in [7, 11) is 1.63. The van der Waals surface area contributed by atoms with Crippen molar-refractivity contribution in [2.75, 3.05) is 26.0 Å². The van der Waals surface area contributed by atoms with Crippen molar-refractivity contribution < 1.29 is 9.53 Å². The van der Waals surface area contributed by atoms with Crippen LogP contribution in [-0.4, -0.2) is 31.9 Å². The Morgan fingerprint density at radius 3 is 3.06 bits per heavy atom. The molecule has 0 spiro atoms. The molecule has 0 saturated heterocycles. The fraction of sp³-hybridized carbons (Fsp3) is 0.417. The lowest BCUT2D eigenvalue weighted by atomic mass is 10.3. The highest BCUT2D eigenvalue weighted by Crippen LogP contribution is 2.22. The average molecular weight is 254 g/mol. The molecule has 0 fully saturated rings. The van der Waals surface area contributed by atoms with Crippen molar-refractivity contribution in [3.05, 3.63) is 24.3 Å². The van der Waals surface area contributed by atoms with Crippen molar-refractivity contribution in [1.82, 2.24) is 5.32 Å². The zero-order valence-corrected chi connectivity index (χ0v) is 10.8. The van der Waals surface area contributed by atoms with Crippen molar-refractivity contribution in [2.24, 2.45) is 5.73 Å². The lowest BCUT2D eigenvalue weighted by Gasteiger charge is -2.05. The molecule has 1 aromatic rings. The molecule has 94 valence electrons. The number of nitrogens with two attached hydrogens (primary N) is 1. The number of rotatable bonds is 7. The number of nitrogens with one attached hydrogen (secondary N) is 1. The van der Waals surface area contributed by atoms with Gasteiger partial charge in [-0.1, -0.05) is 6.07 Å². The van der Waals surface area contributed by atoms with E-state index in [1.165, 1.54) is 11.8 Å². The van der Waals surface area contributed by atoms with Crippen LogP contribution >= 0.6 is 11.8 Å². The zero-order chi connectivity index (χ0) is 12.5. The molecule has 4 nitrogen and oxygen atoms in total. The third kappa shape index (κ3) is 5.60. The number of carbonyl (C=O) groups excluding carboxylic acids is 1. The van der Waals surface area contributed by atoms with Crippen LogP contribution in [0.25, 0.3) is 0 Å². The highest BCUT2D eigenvalue weighted by molar-refractivity contribution is 8.00. The molecule has 1 aromatic carbocycles. The lowest BCUT2D eigenvalue weighted by molar-refractivity contribution is -0.118. The second kappa shape index (κ2) is 7.97. The van der Waals surface area contributed by atoms with Gasteiger partial charge >= 0.3 is 0 Å². The SMILES string of the molecule is COc1cccc(SCC(=O)NCCCN)c1. The van der Waals surface area contributed by atoms with Crippen molar-refractivity contribution in [1.29, 1.82) is 0 Å². The van der Waals surface area contributed by atoms with Crippen LogP contribution in [0.5, 0.6) is 5.75 Å². The molecule has 0 aliphatic heterocycles. The highest BCUT2D eigenvalue weighted by Gasteiger charge is 2.02. The molecule has 0 aliphatic rings. The Bertz CT molecular complexity index is 358. The Balaban J connectivity index is 2.31. The minimum absolute atomic E-state index is 0.0336. The van der Waals surface area contributed by atoms with E-state index >= 15 is 0 Å². The first-order valence-electron chi connectivity index (χ1n) is 5.50. The van der Waals surface area contributed by atoms with Gasteiger partial charge in [0.1, 0.15) is 5.75 Å². The van der Waals surface area contributed by atoms with E-state index in [1.54, 1.807) is 7.11 Å². The summed E-state index contributed by atoms with van der Waals surface area (Å²) in [6.45, 7) is 1.25. The van der Waals surface area contributed by atoms with Gasteiger partial charge < -0.3 is 15.8 Å². The Hall–Kier alpha value is -1.20. The standard InChI is InChI=1S/C12H18N2O2S/c1-16-10-4-2-5-11(8-10)17-9-12(15)14-7-3-6-13/h2,4-5,8H,3,6-7,9,13H2,1H3,(H,14,15). The van der Waals surface area contributed by atoms with Crippen molar-refractivity contribution in [2.45, 2.75) is 11.3 Å². The zero-order valence-electron chi connectivity index (χ0n) is 9.94. The number of hydrogen-bond donors (Lipinski definition) is 2. The first kappa shape index (κ1) is 13.9. The van der Waals surface area contributed by atoms with Gasteiger partial charge in [0.05, 0.1) is 12.9 Å². The smallest absolute Gasteiger partial charge is 0.230 e. The number of ether oxygens (including phenoxy) is 1. The molecule has 0 unspecified atom stereocenters. The van der Waals surface area contributed by atoms with E-state index in [0.29, 0.717) is 18.8 Å². The van der Waals surface area contributed by atoms with E-state index in [-0.39, 0.29) is 5.91 Å². The molecule has 3 N–H and O–H groups in total. The molecule has 0 aliphatic carbocycles. The van der Waals surface area contributed by atoms with Gasteiger partial charge in [-0.3, -0.25) is 4.79 Å². The van der Waals surface area contributed by atoms with Crippen molar-refractivity contribution >= 4 is 17.7 Å². The van der Waals surface area contributed by atoms with Gasteiger partial charge in [-0.2, -0.15) is 0 Å². The minimum Gasteiger partial charge on any atom is -0.497 e. The molecule has 1 rings (SSSR count).